The molecule has 1 nitrogen and oxygen atoms in total. The van der Waals surface area contributed by atoms with Gasteiger partial charge in [0, 0.05) is 0 Å². The second-order valence-corrected chi connectivity index (χ2v) is 2.77. The van der Waals surface area contributed by atoms with E-state index in [1.807, 2.05) is 0 Å². The molecule has 0 aromatic heterocycles. The fraction of sp³-hybridized carbons (Fsp3) is 0.778. The number of halogens is 6. The number of alkyl halides is 3. The second kappa shape index (κ2) is 8.43. The van der Waals surface area contributed by atoms with E-state index in [1.165, 1.54) is 0 Å². The maximum atomic E-state index is 11.9. The molecule has 0 amide bonds. The summed E-state index contributed by atoms with van der Waals surface area (Å²) < 4.78 is 69.5. The molecule has 0 aromatic carbocycles. The standard InChI is InChI=1S/C5H4F6.C4H11N/c1-2(6)5(10,11)3(7)4(8)9;1-3-5-4-2/h2H,1H3;5H,3-4H2,1-2H3. The van der Waals surface area contributed by atoms with E-state index in [9.17, 15) is 26.3 Å². The lowest BCUT2D eigenvalue weighted by atomic mass is 10.2. The van der Waals surface area contributed by atoms with Crippen LogP contribution in [0.4, 0.5) is 26.3 Å². The Morgan fingerprint density at radius 3 is 1.56 bits per heavy atom. The Balaban J connectivity index is 0. The molecule has 0 aliphatic carbocycles. The predicted octanol–water partition coefficient (Wildman–Crippen LogP) is 3.67. The lowest BCUT2D eigenvalue weighted by Gasteiger charge is -2.13. The van der Waals surface area contributed by atoms with Crippen LogP contribution in [0.25, 0.3) is 0 Å². The van der Waals surface area contributed by atoms with E-state index in [0.29, 0.717) is 6.92 Å². The maximum absolute atomic E-state index is 11.9. The monoisotopic (exact) mass is 251 g/mol. The highest BCUT2D eigenvalue weighted by Gasteiger charge is 2.45. The molecule has 0 fully saturated rings. The number of hydrogen-bond acceptors (Lipinski definition) is 1. The molecule has 0 saturated carbocycles. The molecule has 16 heavy (non-hydrogen) atoms. The lowest BCUT2D eigenvalue weighted by molar-refractivity contribution is -0.0526. The Labute approximate surface area is 90.5 Å². The third-order valence-electron chi connectivity index (χ3n) is 1.46. The van der Waals surface area contributed by atoms with Gasteiger partial charge in [-0.1, -0.05) is 13.8 Å². The van der Waals surface area contributed by atoms with E-state index in [4.69, 9.17) is 0 Å². The van der Waals surface area contributed by atoms with Crippen molar-refractivity contribution in [1.29, 1.82) is 0 Å². The van der Waals surface area contributed by atoms with E-state index in [0.717, 1.165) is 13.1 Å². The van der Waals surface area contributed by atoms with Crippen LogP contribution in [0.15, 0.2) is 11.9 Å². The summed E-state index contributed by atoms with van der Waals surface area (Å²) in [5.41, 5.74) is 0. The second-order valence-electron chi connectivity index (χ2n) is 2.77. The van der Waals surface area contributed by atoms with Crippen LogP contribution < -0.4 is 5.32 Å². The molecule has 1 unspecified atom stereocenters. The van der Waals surface area contributed by atoms with Crippen LogP contribution in [0.1, 0.15) is 20.8 Å². The molecular formula is C9H15F6N. The van der Waals surface area contributed by atoms with Crippen molar-refractivity contribution in [3.05, 3.63) is 11.9 Å². The highest BCUT2D eigenvalue weighted by molar-refractivity contribution is 5.06. The minimum Gasteiger partial charge on any atom is -0.317 e. The number of hydrogen-bond donors (Lipinski definition) is 1. The van der Waals surface area contributed by atoms with Gasteiger partial charge in [0.25, 0.3) is 0 Å². The van der Waals surface area contributed by atoms with Crippen molar-refractivity contribution in [3.8, 4) is 0 Å². The minimum absolute atomic E-state index is 0.294. The molecule has 7 heteroatoms. The van der Waals surface area contributed by atoms with Gasteiger partial charge in [-0.25, -0.2) is 4.39 Å². The van der Waals surface area contributed by atoms with E-state index in [2.05, 4.69) is 19.2 Å². The van der Waals surface area contributed by atoms with Crippen molar-refractivity contribution in [1.82, 2.24) is 5.32 Å². The average Bonchev–Trinajstić information content (AvgIpc) is 2.18. The molecule has 1 atom stereocenters. The largest absolute Gasteiger partial charge is 0.334 e. The first kappa shape index (κ1) is 17.7. The van der Waals surface area contributed by atoms with Crippen LogP contribution in [-0.2, 0) is 0 Å². The Morgan fingerprint density at radius 2 is 1.50 bits per heavy atom. The molecule has 1 N–H and O–H groups in total. The Hall–Kier alpha value is -0.720. The molecule has 0 spiro atoms. The van der Waals surface area contributed by atoms with Gasteiger partial charge in [0.2, 0.25) is 5.83 Å². The fourth-order valence-corrected chi connectivity index (χ4v) is 0.551. The van der Waals surface area contributed by atoms with Gasteiger partial charge in [0.05, 0.1) is 0 Å². The SMILES string of the molecule is CC(F)C(F)(F)C(F)=C(F)F.CCNCC. The summed E-state index contributed by atoms with van der Waals surface area (Å²) in [5.74, 6) is -7.73. The minimum atomic E-state index is -4.72. The van der Waals surface area contributed by atoms with Crippen molar-refractivity contribution in [2.45, 2.75) is 32.9 Å². The molecule has 98 valence electrons. The molecule has 0 heterocycles. The van der Waals surface area contributed by atoms with E-state index in [1.54, 1.807) is 0 Å². The fourth-order valence-electron chi connectivity index (χ4n) is 0.551. The lowest BCUT2D eigenvalue weighted by Crippen LogP contribution is -2.28. The number of rotatable bonds is 4. The summed E-state index contributed by atoms with van der Waals surface area (Å²) >= 11 is 0. The Morgan fingerprint density at radius 1 is 1.12 bits per heavy atom. The normalized spacial score (nSPS) is 12.6. The summed E-state index contributed by atoms with van der Waals surface area (Å²) in [6.07, 6.45) is -6.16. The number of nitrogens with one attached hydrogen (secondary N) is 1. The summed E-state index contributed by atoms with van der Waals surface area (Å²) in [7, 11) is 0. The zero-order valence-electron chi connectivity index (χ0n) is 9.26. The van der Waals surface area contributed by atoms with Gasteiger partial charge < -0.3 is 5.32 Å². The van der Waals surface area contributed by atoms with Crippen molar-refractivity contribution in [2.75, 3.05) is 13.1 Å². The molecule has 0 saturated heterocycles. The van der Waals surface area contributed by atoms with Crippen LogP contribution in [-0.4, -0.2) is 25.2 Å². The highest BCUT2D eigenvalue weighted by atomic mass is 19.3. The van der Waals surface area contributed by atoms with Gasteiger partial charge in [0.1, 0.15) is 0 Å². The van der Waals surface area contributed by atoms with Crippen molar-refractivity contribution in [3.63, 3.8) is 0 Å². The van der Waals surface area contributed by atoms with Crippen molar-refractivity contribution < 1.29 is 26.3 Å². The average molecular weight is 251 g/mol. The topological polar surface area (TPSA) is 12.0 Å². The van der Waals surface area contributed by atoms with Crippen LogP contribution in [0, 0.1) is 0 Å². The third-order valence-corrected chi connectivity index (χ3v) is 1.46. The Kier molecular flexibility index (Phi) is 9.31. The molecule has 0 rings (SSSR count). The smallest absolute Gasteiger partial charge is 0.317 e. The predicted molar refractivity (Wildman–Crippen MR) is 50.1 cm³/mol. The number of allylic oxidation sites excluding steroid dienone is 1. The van der Waals surface area contributed by atoms with Gasteiger partial charge in [-0.15, -0.1) is 0 Å². The van der Waals surface area contributed by atoms with E-state index in [-0.39, 0.29) is 0 Å². The summed E-state index contributed by atoms with van der Waals surface area (Å²) in [6, 6.07) is 0. The molecule has 0 aliphatic rings. The summed E-state index contributed by atoms with van der Waals surface area (Å²) in [6.45, 7) is 6.68. The van der Waals surface area contributed by atoms with Gasteiger partial charge in [-0.2, -0.15) is 22.0 Å². The summed E-state index contributed by atoms with van der Waals surface area (Å²) in [4.78, 5) is 0. The van der Waals surface area contributed by atoms with Crippen LogP contribution in [0.3, 0.4) is 0 Å². The van der Waals surface area contributed by atoms with Gasteiger partial charge in [-0.05, 0) is 20.0 Å². The van der Waals surface area contributed by atoms with Gasteiger partial charge in [0.15, 0.2) is 6.17 Å². The zero-order valence-corrected chi connectivity index (χ0v) is 9.26. The first-order valence-corrected chi connectivity index (χ1v) is 4.65. The Bertz CT molecular complexity index is 208. The third kappa shape index (κ3) is 6.71. The van der Waals surface area contributed by atoms with Crippen molar-refractivity contribution in [2.24, 2.45) is 0 Å². The quantitative estimate of drug-likeness (QED) is 0.752. The summed E-state index contributed by atoms with van der Waals surface area (Å²) in [5, 5.41) is 3.11. The van der Waals surface area contributed by atoms with Crippen LogP contribution in [0.5, 0.6) is 0 Å². The molecule has 0 radical (unpaired) electrons. The van der Waals surface area contributed by atoms with Gasteiger partial charge >= 0.3 is 12.0 Å². The van der Waals surface area contributed by atoms with Crippen molar-refractivity contribution >= 4 is 0 Å². The first-order valence-electron chi connectivity index (χ1n) is 4.65. The highest BCUT2D eigenvalue weighted by Crippen LogP contribution is 2.33. The van der Waals surface area contributed by atoms with Crippen LogP contribution >= 0.6 is 0 Å². The van der Waals surface area contributed by atoms with Crippen LogP contribution in [0.2, 0.25) is 0 Å². The first-order chi connectivity index (χ1) is 7.21. The zero-order chi connectivity index (χ0) is 13.4. The molecule has 0 bridgehead atoms. The van der Waals surface area contributed by atoms with E-state index >= 15 is 0 Å². The molecule has 0 aliphatic heterocycles. The van der Waals surface area contributed by atoms with E-state index < -0.39 is 24.0 Å². The molecular weight excluding hydrogens is 236 g/mol. The molecule has 0 aromatic rings. The van der Waals surface area contributed by atoms with Gasteiger partial charge in [-0.3, -0.25) is 0 Å². The maximum Gasteiger partial charge on any atom is 0.334 e.